The van der Waals surface area contributed by atoms with Gasteiger partial charge in [-0.1, -0.05) is 13.0 Å². The highest BCUT2D eigenvalue weighted by atomic mass is 16.5. The van der Waals surface area contributed by atoms with Crippen molar-refractivity contribution >= 4 is 10.9 Å². The lowest BCUT2D eigenvalue weighted by Crippen LogP contribution is -2.19. The van der Waals surface area contributed by atoms with Crippen LogP contribution in [0.15, 0.2) is 30.3 Å². The van der Waals surface area contributed by atoms with E-state index in [-0.39, 0.29) is 0 Å². The molecule has 1 aromatic carbocycles. The molecule has 0 aliphatic carbocycles. The van der Waals surface area contributed by atoms with Crippen LogP contribution in [0.25, 0.3) is 10.9 Å². The standard InChI is InChI=1S/C14H17NO2/c1-4-14(2,16)11-6-7-12-10(9-11)5-8-13(15-12)17-3/h5-9,16H,4H2,1-3H3. The number of aliphatic hydroxyl groups is 1. The largest absolute Gasteiger partial charge is 0.481 e. The minimum absolute atomic E-state index is 0.604. The highest BCUT2D eigenvalue weighted by Crippen LogP contribution is 2.27. The number of aromatic nitrogens is 1. The molecular formula is C14H17NO2. The van der Waals surface area contributed by atoms with Crippen molar-refractivity contribution in [3.05, 3.63) is 35.9 Å². The Balaban J connectivity index is 2.52. The van der Waals surface area contributed by atoms with Gasteiger partial charge < -0.3 is 9.84 Å². The van der Waals surface area contributed by atoms with Crippen molar-refractivity contribution in [3.8, 4) is 5.88 Å². The third-order valence-corrected chi connectivity index (χ3v) is 3.18. The lowest BCUT2D eigenvalue weighted by Gasteiger charge is -2.22. The molecule has 2 aromatic rings. The molecule has 0 saturated heterocycles. The highest BCUT2D eigenvalue weighted by molar-refractivity contribution is 5.80. The number of hydrogen-bond acceptors (Lipinski definition) is 3. The van der Waals surface area contributed by atoms with Gasteiger partial charge in [-0.3, -0.25) is 0 Å². The summed E-state index contributed by atoms with van der Waals surface area (Å²) in [6.45, 7) is 3.79. The van der Waals surface area contributed by atoms with Crippen LogP contribution in [0.3, 0.4) is 0 Å². The maximum Gasteiger partial charge on any atom is 0.213 e. The highest BCUT2D eigenvalue weighted by Gasteiger charge is 2.20. The van der Waals surface area contributed by atoms with Gasteiger partial charge in [-0.2, -0.15) is 0 Å². The van der Waals surface area contributed by atoms with E-state index in [9.17, 15) is 5.11 Å². The second kappa shape index (κ2) is 4.34. The van der Waals surface area contributed by atoms with Gasteiger partial charge in [0.15, 0.2) is 0 Å². The second-order valence-corrected chi connectivity index (χ2v) is 4.39. The Kier molecular flexibility index (Phi) is 3.03. The SMILES string of the molecule is CCC(C)(O)c1ccc2nc(OC)ccc2c1. The number of rotatable bonds is 3. The van der Waals surface area contributed by atoms with Crippen LogP contribution in [0.2, 0.25) is 0 Å². The summed E-state index contributed by atoms with van der Waals surface area (Å²) in [5.41, 5.74) is 1.01. The van der Waals surface area contributed by atoms with E-state index in [2.05, 4.69) is 4.98 Å². The van der Waals surface area contributed by atoms with Gasteiger partial charge in [0, 0.05) is 11.5 Å². The van der Waals surface area contributed by atoms with Crippen LogP contribution in [0.5, 0.6) is 5.88 Å². The van der Waals surface area contributed by atoms with E-state index in [1.807, 2.05) is 44.2 Å². The molecule has 0 bridgehead atoms. The number of hydrogen-bond donors (Lipinski definition) is 1. The quantitative estimate of drug-likeness (QED) is 0.883. The van der Waals surface area contributed by atoms with Crippen LogP contribution < -0.4 is 4.74 Å². The van der Waals surface area contributed by atoms with Crippen LogP contribution in [0.1, 0.15) is 25.8 Å². The van der Waals surface area contributed by atoms with E-state index in [0.29, 0.717) is 12.3 Å². The Morgan fingerprint density at radius 2 is 2.06 bits per heavy atom. The Hall–Kier alpha value is -1.61. The first-order valence-electron chi connectivity index (χ1n) is 5.74. The number of fused-ring (bicyclic) bond motifs is 1. The molecule has 1 atom stereocenters. The summed E-state index contributed by atoms with van der Waals surface area (Å²) in [5.74, 6) is 0.604. The zero-order valence-electron chi connectivity index (χ0n) is 10.4. The maximum absolute atomic E-state index is 10.2. The van der Waals surface area contributed by atoms with Crippen LogP contribution in [0, 0.1) is 0 Å². The molecule has 1 unspecified atom stereocenters. The average molecular weight is 231 g/mol. The van der Waals surface area contributed by atoms with Crippen molar-refractivity contribution in [2.24, 2.45) is 0 Å². The van der Waals surface area contributed by atoms with E-state index >= 15 is 0 Å². The minimum atomic E-state index is -0.784. The van der Waals surface area contributed by atoms with Crippen LogP contribution in [0.4, 0.5) is 0 Å². The Morgan fingerprint density at radius 3 is 2.71 bits per heavy atom. The fourth-order valence-electron chi connectivity index (χ4n) is 1.76. The molecule has 1 N–H and O–H groups in total. The summed E-state index contributed by atoms with van der Waals surface area (Å²) in [4.78, 5) is 4.34. The summed E-state index contributed by atoms with van der Waals surface area (Å²) in [6.07, 6.45) is 0.683. The predicted octanol–water partition coefficient (Wildman–Crippen LogP) is 2.86. The van der Waals surface area contributed by atoms with Crippen LogP contribution in [-0.2, 0) is 5.60 Å². The molecule has 3 heteroatoms. The maximum atomic E-state index is 10.2. The van der Waals surface area contributed by atoms with Crippen molar-refractivity contribution in [1.82, 2.24) is 4.98 Å². The molecule has 17 heavy (non-hydrogen) atoms. The molecule has 0 aliphatic rings. The van der Waals surface area contributed by atoms with Crippen molar-refractivity contribution in [3.63, 3.8) is 0 Å². The van der Waals surface area contributed by atoms with Gasteiger partial charge in [0.2, 0.25) is 5.88 Å². The summed E-state index contributed by atoms with van der Waals surface area (Å²) >= 11 is 0. The number of methoxy groups -OCH3 is 1. The van der Waals surface area contributed by atoms with E-state index in [4.69, 9.17) is 4.74 Å². The Labute approximate surface area is 101 Å². The van der Waals surface area contributed by atoms with E-state index in [0.717, 1.165) is 16.5 Å². The summed E-state index contributed by atoms with van der Waals surface area (Å²) in [5, 5.41) is 11.2. The van der Waals surface area contributed by atoms with Gasteiger partial charge in [0.25, 0.3) is 0 Å². The van der Waals surface area contributed by atoms with Crippen molar-refractivity contribution in [2.75, 3.05) is 7.11 Å². The number of pyridine rings is 1. The van der Waals surface area contributed by atoms with Gasteiger partial charge in [-0.05, 0) is 37.1 Å². The zero-order chi connectivity index (χ0) is 12.5. The first kappa shape index (κ1) is 11.9. The molecule has 3 nitrogen and oxygen atoms in total. The lowest BCUT2D eigenvalue weighted by atomic mass is 9.92. The van der Waals surface area contributed by atoms with Crippen LogP contribution >= 0.6 is 0 Å². The van der Waals surface area contributed by atoms with Gasteiger partial charge in [0.05, 0.1) is 18.2 Å². The average Bonchev–Trinajstić information content (AvgIpc) is 2.37. The number of benzene rings is 1. The molecule has 0 fully saturated rings. The van der Waals surface area contributed by atoms with E-state index in [1.165, 1.54) is 0 Å². The summed E-state index contributed by atoms with van der Waals surface area (Å²) in [6, 6.07) is 9.59. The molecule has 90 valence electrons. The molecule has 0 saturated carbocycles. The normalized spacial score (nSPS) is 14.6. The Bertz CT molecular complexity index is 535. The molecule has 0 aliphatic heterocycles. The molecule has 0 radical (unpaired) electrons. The molecule has 1 aromatic heterocycles. The first-order valence-corrected chi connectivity index (χ1v) is 5.74. The summed E-state index contributed by atoms with van der Waals surface area (Å²) in [7, 11) is 1.60. The third-order valence-electron chi connectivity index (χ3n) is 3.18. The van der Waals surface area contributed by atoms with Crippen molar-refractivity contribution in [1.29, 1.82) is 0 Å². The smallest absolute Gasteiger partial charge is 0.213 e. The van der Waals surface area contributed by atoms with Gasteiger partial charge in [-0.15, -0.1) is 0 Å². The van der Waals surface area contributed by atoms with Crippen molar-refractivity contribution < 1.29 is 9.84 Å². The second-order valence-electron chi connectivity index (χ2n) is 4.39. The molecular weight excluding hydrogens is 214 g/mol. The number of ether oxygens (including phenoxy) is 1. The Morgan fingerprint density at radius 1 is 1.29 bits per heavy atom. The number of nitrogens with zero attached hydrogens (tertiary/aromatic N) is 1. The predicted molar refractivity (Wildman–Crippen MR) is 68.2 cm³/mol. The molecule has 0 amide bonds. The van der Waals surface area contributed by atoms with E-state index < -0.39 is 5.60 Å². The first-order chi connectivity index (χ1) is 8.06. The van der Waals surface area contributed by atoms with Crippen molar-refractivity contribution in [2.45, 2.75) is 25.9 Å². The molecule has 1 heterocycles. The fourth-order valence-corrected chi connectivity index (χ4v) is 1.76. The lowest BCUT2D eigenvalue weighted by molar-refractivity contribution is 0.0532. The minimum Gasteiger partial charge on any atom is -0.481 e. The zero-order valence-corrected chi connectivity index (χ0v) is 10.4. The van der Waals surface area contributed by atoms with Gasteiger partial charge in [-0.25, -0.2) is 4.98 Å². The monoisotopic (exact) mass is 231 g/mol. The third kappa shape index (κ3) is 2.24. The molecule has 0 spiro atoms. The van der Waals surface area contributed by atoms with E-state index in [1.54, 1.807) is 7.11 Å². The van der Waals surface area contributed by atoms with Gasteiger partial charge in [0.1, 0.15) is 0 Å². The fraction of sp³-hybridized carbons (Fsp3) is 0.357. The molecule has 2 rings (SSSR count). The topological polar surface area (TPSA) is 42.4 Å². The summed E-state index contributed by atoms with van der Waals surface area (Å²) < 4.78 is 5.08. The van der Waals surface area contributed by atoms with Crippen LogP contribution in [-0.4, -0.2) is 17.2 Å². The van der Waals surface area contributed by atoms with Gasteiger partial charge >= 0.3 is 0 Å².